The van der Waals surface area contributed by atoms with E-state index in [9.17, 15) is 9.90 Å². The van der Waals surface area contributed by atoms with Crippen LogP contribution in [0.5, 0.6) is 0 Å². The molecular weight excluding hydrogens is 299 g/mol. The van der Waals surface area contributed by atoms with Crippen molar-refractivity contribution in [1.82, 2.24) is 0 Å². The average molecular weight is 323 g/mol. The van der Waals surface area contributed by atoms with Gasteiger partial charge in [0.15, 0.2) is 0 Å². The topological polar surface area (TPSA) is 55.8 Å². The maximum atomic E-state index is 10.9. The Morgan fingerprint density at radius 2 is 2.20 bits per heavy atom. The fourth-order valence-corrected chi connectivity index (χ4v) is 3.46. The lowest BCUT2D eigenvalue weighted by atomic mass is 9.92. The van der Waals surface area contributed by atoms with E-state index in [0.717, 1.165) is 25.7 Å². The largest absolute Gasteiger partial charge is 0.469 e. The Morgan fingerprint density at radius 1 is 1.45 bits per heavy atom. The molecule has 0 aliphatic heterocycles. The molecule has 1 saturated carbocycles. The molecule has 0 heterocycles. The number of halogens is 1. The molecule has 5 atom stereocenters. The molecule has 3 unspecified atom stereocenters. The summed E-state index contributed by atoms with van der Waals surface area (Å²) in [5.41, 5.74) is 0. The van der Waals surface area contributed by atoms with Gasteiger partial charge in [-0.1, -0.05) is 12.2 Å². The SMILES string of the molecule is COC(=O)CCC/C=C\C[C@H]1C(Cl)CC(OP)[C@@H]1CO. The molecule has 0 spiro atoms. The van der Waals surface area contributed by atoms with E-state index in [4.69, 9.17) is 16.1 Å². The van der Waals surface area contributed by atoms with Gasteiger partial charge >= 0.3 is 5.97 Å². The van der Waals surface area contributed by atoms with Gasteiger partial charge in [0.2, 0.25) is 0 Å². The zero-order valence-corrected chi connectivity index (χ0v) is 13.7. The van der Waals surface area contributed by atoms with Crippen molar-refractivity contribution in [2.24, 2.45) is 11.8 Å². The molecule has 0 aromatic heterocycles. The maximum absolute atomic E-state index is 10.9. The second-order valence-electron chi connectivity index (χ2n) is 5.11. The first kappa shape index (κ1) is 17.9. The minimum Gasteiger partial charge on any atom is -0.469 e. The Hall–Kier alpha value is -0.150. The second kappa shape index (κ2) is 9.73. The third-order valence-electron chi connectivity index (χ3n) is 3.89. The number of aliphatic hydroxyl groups excluding tert-OH is 1. The van der Waals surface area contributed by atoms with Crippen LogP contribution in [0.1, 0.15) is 32.1 Å². The molecule has 0 saturated heterocycles. The van der Waals surface area contributed by atoms with Crippen molar-refractivity contribution in [3.8, 4) is 0 Å². The number of unbranched alkanes of at least 4 members (excludes halogenated alkanes) is 1. The van der Waals surface area contributed by atoms with Gasteiger partial charge in [0.1, 0.15) is 0 Å². The Labute approximate surface area is 128 Å². The highest BCUT2D eigenvalue weighted by atomic mass is 35.5. The highest BCUT2D eigenvalue weighted by molar-refractivity contribution is 7.09. The fourth-order valence-electron chi connectivity index (χ4n) is 2.68. The molecule has 0 bridgehead atoms. The van der Waals surface area contributed by atoms with E-state index < -0.39 is 0 Å². The summed E-state index contributed by atoms with van der Waals surface area (Å²) >= 11 is 6.33. The molecule has 1 fully saturated rings. The van der Waals surface area contributed by atoms with E-state index in [1.165, 1.54) is 7.11 Å². The number of methoxy groups -OCH3 is 1. The van der Waals surface area contributed by atoms with Crippen molar-refractivity contribution < 1.29 is 19.2 Å². The van der Waals surface area contributed by atoms with Crippen LogP contribution >= 0.6 is 21.1 Å². The van der Waals surface area contributed by atoms with Crippen LogP contribution < -0.4 is 0 Å². The van der Waals surface area contributed by atoms with Crippen LogP contribution in [0.15, 0.2) is 12.2 Å². The summed E-state index contributed by atoms with van der Waals surface area (Å²) in [6.45, 7) is 0.100. The van der Waals surface area contributed by atoms with E-state index in [0.29, 0.717) is 6.42 Å². The summed E-state index contributed by atoms with van der Waals surface area (Å²) in [6.07, 6.45) is 7.87. The van der Waals surface area contributed by atoms with Gasteiger partial charge in [-0.3, -0.25) is 4.79 Å². The predicted octanol–water partition coefficient (Wildman–Crippen LogP) is 2.69. The molecule has 116 valence electrons. The molecule has 0 radical (unpaired) electrons. The van der Waals surface area contributed by atoms with Crippen LogP contribution in [-0.2, 0) is 14.1 Å². The Balaban J connectivity index is 2.31. The monoisotopic (exact) mass is 322 g/mol. The lowest BCUT2D eigenvalue weighted by Gasteiger charge is -2.21. The highest BCUT2D eigenvalue weighted by Gasteiger charge is 2.41. The molecule has 0 aromatic rings. The second-order valence-corrected chi connectivity index (χ2v) is 5.94. The molecule has 20 heavy (non-hydrogen) atoms. The quantitative estimate of drug-likeness (QED) is 0.245. The van der Waals surface area contributed by atoms with Gasteiger partial charge < -0.3 is 14.4 Å². The van der Waals surface area contributed by atoms with Crippen LogP contribution in [0.2, 0.25) is 0 Å². The number of alkyl halides is 1. The Kier molecular flexibility index (Phi) is 8.70. The highest BCUT2D eigenvalue weighted by Crippen LogP contribution is 2.40. The van der Waals surface area contributed by atoms with Crippen LogP contribution in [0.25, 0.3) is 0 Å². The summed E-state index contributed by atoms with van der Waals surface area (Å²) in [5, 5.41) is 9.50. The van der Waals surface area contributed by atoms with Crippen LogP contribution in [0, 0.1) is 11.8 Å². The number of hydrogen-bond acceptors (Lipinski definition) is 4. The smallest absolute Gasteiger partial charge is 0.305 e. The lowest BCUT2D eigenvalue weighted by Crippen LogP contribution is -2.24. The number of hydrogen-bond donors (Lipinski definition) is 1. The average Bonchev–Trinajstić information content (AvgIpc) is 2.77. The van der Waals surface area contributed by atoms with Gasteiger partial charge in [-0.25, -0.2) is 0 Å². The third-order valence-corrected chi connectivity index (χ3v) is 4.74. The van der Waals surface area contributed by atoms with E-state index in [1.54, 1.807) is 0 Å². The van der Waals surface area contributed by atoms with E-state index >= 15 is 0 Å². The normalized spacial score (nSPS) is 30.0. The van der Waals surface area contributed by atoms with Gasteiger partial charge in [-0.2, -0.15) is 0 Å². The zero-order chi connectivity index (χ0) is 15.0. The summed E-state index contributed by atoms with van der Waals surface area (Å²) in [6, 6.07) is 0. The zero-order valence-electron chi connectivity index (χ0n) is 11.8. The van der Waals surface area contributed by atoms with Gasteiger partial charge in [0.05, 0.1) is 13.2 Å². The van der Waals surface area contributed by atoms with Crippen molar-refractivity contribution >= 4 is 27.0 Å². The molecule has 6 heteroatoms. The number of rotatable bonds is 8. The maximum Gasteiger partial charge on any atom is 0.305 e. The number of carbonyl (C=O) groups excluding carboxylic acids is 1. The Bertz CT molecular complexity index is 324. The number of allylic oxidation sites excluding steroid dienone is 2. The van der Waals surface area contributed by atoms with E-state index in [-0.39, 0.29) is 35.9 Å². The summed E-state index contributed by atoms with van der Waals surface area (Å²) in [4.78, 5) is 10.9. The van der Waals surface area contributed by atoms with Crippen molar-refractivity contribution in [3.63, 3.8) is 0 Å². The minimum absolute atomic E-state index is 0.0187. The first-order valence-electron chi connectivity index (χ1n) is 6.96. The Morgan fingerprint density at radius 3 is 2.80 bits per heavy atom. The van der Waals surface area contributed by atoms with Crippen molar-refractivity contribution in [3.05, 3.63) is 12.2 Å². The molecule has 1 aliphatic carbocycles. The molecule has 1 N–H and O–H groups in total. The van der Waals surface area contributed by atoms with Crippen LogP contribution in [-0.4, -0.2) is 36.3 Å². The molecule has 0 aromatic carbocycles. The van der Waals surface area contributed by atoms with Gasteiger partial charge in [-0.05, 0) is 31.6 Å². The van der Waals surface area contributed by atoms with Gasteiger partial charge in [0, 0.05) is 33.8 Å². The number of ether oxygens (including phenoxy) is 1. The third kappa shape index (κ3) is 5.33. The summed E-state index contributed by atoms with van der Waals surface area (Å²) in [5.74, 6) is 0.162. The van der Waals surface area contributed by atoms with Crippen molar-refractivity contribution in [1.29, 1.82) is 0 Å². The molecule has 0 amide bonds. The molecule has 4 nitrogen and oxygen atoms in total. The summed E-state index contributed by atoms with van der Waals surface area (Å²) < 4.78 is 9.88. The van der Waals surface area contributed by atoms with Crippen LogP contribution in [0.4, 0.5) is 0 Å². The standard InChI is InChI=1S/C14H24ClO4P/c1-18-14(17)7-5-3-2-4-6-10-11(9-16)13(19-20)8-12(10)15/h2,4,10-13,16H,3,5-9,20H2,1H3/b4-2-/t10-,11-,12?,13?/m1/s1. The first-order valence-corrected chi connectivity index (χ1v) is 7.87. The predicted molar refractivity (Wildman–Crippen MR) is 82.5 cm³/mol. The lowest BCUT2D eigenvalue weighted by molar-refractivity contribution is -0.140. The number of esters is 1. The minimum atomic E-state index is -0.171. The summed E-state index contributed by atoms with van der Waals surface area (Å²) in [7, 11) is 3.66. The van der Waals surface area contributed by atoms with E-state index in [2.05, 4.69) is 26.4 Å². The molecular formula is C14H24ClO4P. The van der Waals surface area contributed by atoms with Crippen LogP contribution in [0.3, 0.4) is 0 Å². The molecule has 1 rings (SSSR count). The number of carbonyl (C=O) groups is 1. The number of aliphatic hydroxyl groups is 1. The fraction of sp³-hybridized carbons (Fsp3) is 0.786. The van der Waals surface area contributed by atoms with Crippen molar-refractivity contribution in [2.45, 2.75) is 43.6 Å². The van der Waals surface area contributed by atoms with Gasteiger partial charge in [-0.15, -0.1) is 11.6 Å². The van der Waals surface area contributed by atoms with Crippen molar-refractivity contribution in [2.75, 3.05) is 13.7 Å². The first-order chi connectivity index (χ1) is 9.63. The van der Waals surface area contributed by atoms with Gasteiger partial charge in [0.25, 0.3) is 0 Å². The van der Waals surface area contributed by atoms with E-state index in [1.807, 2.05) is 0 Å². The molecule has 1 aliphatic rings.